The second kappa shape index (κ2) is 6.18. The molecule has 1 aromatic heterocycles. The van der Waals surface area contributed by atoms with Crippen molar-refractivity contribution < 1.29 is 19.2 Å². The Kier molecular flexibility index (Phi) is 4.88. The van der Waals surface area contributed by atoms with Crippen molar-refractivity contribution >= 4 is 11.9 Å². The third-order valence-electron chi connectivity index (χ3n) is 2.76. The molecule has 100 valence electrons. The molecule has 0 unspecified atom stereocenters. The Labute approximate surface area is 106 Å². The Morgan fingerprint density at radius 3 is 2.67 bits per heavy atom. The van der Waals surface area contributed by atoms with E-state index < -0.39 is 5.97 Å². The molecule has 1 rings (SSSR count). The fraction of sp³-hybridized carbons (Fsp3) is 0.583. The largest absolute Gasteiger partial charge is 0.480 e. The predicted molar refractivity (Wildman–Crippen MR) is 64.0 cm³/mol. The second-order valence-corrected chi connectivity index (χ2v) is 4.28. The SMILES string of the molecule is CC[C@H](C)N(CC(=O)O)C(=O)Cc1cc(C)on1. The van der Waals surface area contributed by atoms with Crippen LogP contribution in [0.3, 0.4) is 0 Å². The number of hydrogen-bond acceptors (Lipinski definition) is 4. The number of carboxylic acid groups (broad SMARTS) is 1. The molecule has 0 aliphatic heterocycles. The molecule has 0 aromatic carbocycles. The molecule has 18 heavy (non-hydrogen) atoms. The number of nitrogens with zero attached hydrogens (tertiary/aromatic N) is 2. The number of rotatable bonds is 6. The van der Waals surface area contributed by atoms with Crippen molar-refractivity contribution in [2.75, 3.05) is 6.54 Å². The molecule has 0 spiro atoms. The quantitative estimate of drug-likeness (QED) is 0.825. The van der Waals surface area contributed by atoms with E-state index in [4.69, 9.17) is 9.63 Å². The van der Waals surface area contributed by atoms with Crippen molar-refractivity contribution in [2.45, 2.75) is 39.7 Å². The van der Waals surface area contributed by atoms with E-state index in [0.29, 0.717) is 17.9 Å². The van der Waals surface area contributed by atoms with Gasteiger partial charge in [-0.25, -0.2) is 0 Å². The van der Waals surface area contributed by atoms with Crippen LogP contribution in [0.25, 0.3) is 0 Å². The lowest BCUT2D eigenvalue weighted by Gasteiger charge is -2.26. The van der Waals surface area contributed by atoms with Crippen LogP contribution in [0.15, 0.2) is 10.6 Å². The molecule has 0 fully saturated rings. The van der Waals surface area contributed by atoms with E-state index in [2.05, 4.69) is 5.16 Å². The molecule has 1 amide bonds. The molecular formula is C12H18N2O4. The van der Waals surface area contributed by atoms with Gasteiger partial charge in [0, 0.05) is 12.1 Å². The molecule has 0 aliphatic carbocycles. The van der Waals surface area contributed by atoms with E-state index in [9.17, 15) is 9.59 Å². The first kappa shape index (κ1) is 14.2. The average molecular weight is 254 g/mol. The van der Waals surface area contributed by atoms with Gasteiger partial charge in [-0.2, -0.15) is 0 Å². The zero-order valence-corrected chi connectivity index (χ0v) is 10.8. The number of aliphatic carboxylic acids is 1. The lowest BCUT2D eigenvalue weighted by molar-refractivity contribution is -0.145. The van der Waals surface area contributed by atoms with Crippen molar-refractivity contribution in [3.8, 4) is 0 Å². The number of aryl methyl sites for hydroxylation is 1. The Morgan fingerprint density at radius 1 is 1.56 bits per heavy atom. The molecule has 0 radical (unpaired) electrons. The van der Waals surface area contributed by atoms with E-state index in [1.165, 1.54) is 4.90 Å². The predicted octanol–water partition coefficient (Wildman–Crippen LogP) is 1.24. The first-order chi connectivity index (χ1) is 8.43. The maximum atomic E-state index is 12.0. The number of hydrogen-bond donors (Lipinski definition) is 1. The van der Waals surface area contributed by atoms with Crippen LogP contribution in [-0.2, 0) is 16.0 Å². The zero-order chi connectivity index (χ0) is 13.7. The summed E-state index contributed by atoms with van der Waals surface area (Å²) in [7, 11) is 0. The molecule has 1 aromatic rings. The molecular weight excluding hydrogens is 236 g/mol. The monoisotopic (exact) mass is 254 g/mol. The van der Waals surface area contributed by atoms with Gasteiger partial charge < -0.3 is 14.5 Å². The van der Waals surface area contributed by atoms with Gasteiger partial charge in [-0.05, 0) is 20.3 Å². The highest BCUT2D eigenvalue weighted by Crippen LogP contribution is 2.09. The Bertz CT molecular complexity index is 427. The number of carboxylic acids is 1. The lowest BCUT2D eigenvalue weighted by Crippen LogP contribution is -2.42. The summed E-state index contributed by atoms with van der Waals surface area (Å²) in [6.07, 6.45) is 0.770. The Morgan fingerprint density at radius 2 is 2.22 bits per heavy atom. The van der Waals surface area contributed by atoms with Crippen LogP contribution < -0.4 is 0 Å². The summed E-state index contributed by atoms with van der Waals surface area (Å²) < 4.78 is 4.88. The van der Waals surface area contributed by atoms with Crippen molar-refractivity contribution in [3.63, 3.8) is 0 Å². The minimum Gasteiger partial charge on any atom is -0.480 e. The number of aromatic nitrogens is 1. The fourth-order valence-electron chi connectivity index (χ4n) is 1.61. The lowest BCUT2D eigenvalue weighted by atomic mass is 10.2. The van der Waals surface area contributed by atoms with Gasteiger partial charge in [-0.1, -0.05) is 12.1 Å². The highest BCUT2D eigenvalue weighted by atomic mass is 16.5. The van der Waals surface area contributed by atoms with Gasteiger partial charge in [0.25, 0.3) is 0 Å². The van der Waals surface area contributed by atoms with Crippen LogP contribution in [-0.4, -0.2) is 39.6 Å². The third kappa shape index (κ3) is 3.87. The van der Waals surface area contributed by atoms with Crippen LogP contribution >= 0.6 is 0 Å². The van der Waals surface area contributed by atoms with Gasteiger partial charge in [0.2, 0.25) is 5.91 Å². The first-order valence-corrected chi connectivity index (χ1v) is 5.87. The van der Waals surface area contributed by atoms with Gasteiger partial charge >= 0.3 is 5.97 Å². The van der Waals surface area contributed by atoms with Gasteiger partial charge in [0.1, 0.15) is 12.3 Å². The molecule has 0 bridgehead atoms. The Balaban J connectivity index is 2.72. The Hall–Kier alpha value is -1.85. The van der Waals surface area contributed by atoms with Crippen LogP contribution in [0.1, 0.15) is 31.7 Å². The second-order valence-electron chi connectivity index (χ2n) is 4.28. The molecule has 1 N–H and O–H groups in total. The van der Waals surface area contributed by atoms with Crippen molar-refractivity contribution in [2.24, 2.45) is 0 Å². The zero-order valence-electron chi connectivity index (χ0n) is 10.8. The minimum atomic E-state index is -1.01. The van der Waals surface area contributed by atoms with Crippen LogP contribution in [0.4, 0.5) is 0 Å². The molecule has 6 heteroatoms. The third-order valence-corrected chi connectivity index (χ3v) is 2.76. The van der Waals surface area contributed by atoms with Crippen LogP contribution in [0, 0.1) is 6.92 Å². The summed E-state index contributed by atoms with van der Waals surface area (Å²) in [4.78, 5) is 24.2. The van der Waals surface area contributed by atoms with Gasteiger partial charge in [-0.3, -0.25) is 9.59 Å². The van der Waals surface area contributed by atoms with Crippen LogP contribution in [0.5, 0.6) is 0 Å². The van der Waals surface area contributed by atoms with E-state index in [1.54, 1.807) is 13.0 Å². The average Bonchev–Trinajstić information content (AvgIpc) is 2.70. The van der Waals surface area contributed by atoms with Crippen LogP contribution in [0.2, 0.25) is 0 Å². The first-order valence-electron chi connectivity index (χ1n) is 5.87. The summed E-state index contributed by atoms with van der Waals surface area (Å²) in [6.45, 7) is 5.19. The summed E-state index contributed by atoms with van der Waals surface area (Å²) in [5.41, 5.74) is 0.524. The molecule has 0 aliphatic rings. The molecule has 0 saturated heterocycles. The number of carbonyl (C=O) groups excluding carboxylic acids is 1. The van der Waals surface area contributed by atoms with Crippen molar-refractivity contribution in [1.29, 1.82) is 0 Å². The maximum Gasteiger partial charge on any atom is 0.323 e. The summed E-state index contributed by atoms with van der Waals surface area (Å²) in [5.74, 6) is -0.633. The standard InChI is InChI=1S/C12H18N2O4/c1-4-8(2)14(7-12(16)17)11(15)6-10-5-9(3)18-13-10/h5,8H,4,6-7H2,1-3H3,(H,16,17)/t8-/m0/s1. The highest BCUT2D eigenvalue weighted by Gasteiger charge is 2.22. The number of amides is 1. The topological polar surface area (TPSA) is 83.6 Å². The molecule has 1 heterocycles. The van der Waals surface area contributed by atoms with E-state index in [0.717, 1.165) is 0 Å². The maximum absolute atomic E-state index is 12.0. The highest BCUT2D eigenvalue weighted by molar-refractivity contribution is 5.83. The normalized spacial score (nSPS) is 12.2. The van der Waals surface area contributed by atoms with E-state index in [1.807, 2.05) is 13.8 Å². The van der Waals surface area contributed by atoms with Crippen molar-refractivity contribution in [1.82, 2.24) is 10.1 Å². The summed E-state index contributed by atoms with van der Waals surface area (Å²) >= 11 is 0. The van der Waals surface area contributed by atoms with Gasteiger partial charge in [-0.15, -0.1) is 0 Å². The van der Waals surface area contributed by atoms with Gasteiger partial charge in [0.05, 0.1) is 12.1 Å². The summed E-state index contributed by atoms with van der Waals surface area (Å²) in [6, 6.07) is 1.56. The van der Waals surface area contributed by atoms with Crippen molar-refractivity contribution in [3.05, 3.63) is 17.5 Å². The number of carbonyl (C=O) groups is 2. The molecule has 6 nitrogen and oxygen atoms in total. The fourth-order valence-corrected chi connectivity index (χ4v) is 1.61. The summed E-state index contributed by atoms with van der Waals surface area (Å²) in [5, 5.41) is 12.6. The van der Waals surface area contributed by atoms with E-state index >= 15 is 0 Å². The molecule has 0 saturated carbocycles. The minimum absolute atomic E-state index is 0.0644. The molecule has 1 atom stereocenters. The van der Waals surface area contributed by atoms with Gasteiger partial charge in [0.15, 0.2) is 0 Å². The van der Waals surface area contributed by atoms with E-state index in [-0.39, 0.29) is 24.9 Å². The smallest absolute Gasteiger partial charge is 0.323 e.